The lowest BCUT2D eigenvalue weighted by molar-refractivity contribution is 0.606. The van der Waals surface area contributed by atoms with Crippen LogP contribution in [0.3, 0.4) is 0 Å². The summed E-state index contributed by atoms with van der Waals surface area (Å²) in [5.74, 6) is 0.590. The molecule has 0 aromatic carbocycles. The van der Waals surface area contributed by atoms with E-state index in [1.54, 1.807) is 0 Å². The smallest absolute Gasteiger partial charge is 0.0247 e. The molecule has 9 heavy (non-hydrogen) atoms. The van der Waals surface area contributed by atoms with Crippen molar-refractivity contribution >= 4 is 0 Å². The summed E-state index contributed by atoms with van der Waals surface area (Å²) >= 11 is 0. The summed E-state index contributed by atoms with van der Waals surface area (Å²) in [7, 11) is 1.96. The van der Waals surface area contributed by atoms with Gasteiger partial charge in [0.25, 0.3) is 0 Å². The molecule has 1 heteroatoms. The van der Waals surface area contributed by atoms with Gasteiger partial charge >= 0.3 is 0 Å². The molecule has 1 atom stereocenters. The summed E-state index contributed by atoms with van der Waals surface area (Å²) in [4.78, 5) is 0. The quantitative estimate of drug-likeness (QED) is 0.570. The molecule has 1 unspecified atom stereocenters. The lowest BCUT2D eigenvalue weighted by Crippen LogP contribution is -2.25. The normalized spacial score (nSPS) is 13.9. The van der Waals surface area contributed by atoms with Crippen molar-refractivity contribution in [1.82, 2.24) is 5.32 Å². The van der Waals surface area contributed by atoms with Crippen molar-refractivity contribution in [3.8, 4) is 0 Å². The molecule has 0 radical (unpaired) electrons. The van der Waals surface area contributed by atoms with Gasteiger partial charge in [0.2, 0.25) is 0 Å². The van der Waals surface area contributed by atoms with Gasteiger partial charge in [0.15, 0.2) is 0 Å². The third kappa shape index (κ3) is 2.66. The van der Waals surface area contributed by atoms with E-state index in [-0.39, 0.29) is 0 Å². The highest BCUT2D eigenvalue weighted by molar-refractivity contribution is 5.05. The average Bonchev–Trinajstić information content (AvgIpc) is 1.84. The number of hydrogen-bond acceptors (Lipinski definition) is 1. The highest BCUT2D eigenvalue weighted by Gasteiger charge is 2.05. The van der Waals surface area contributed by atoms with Crippen LogP contribution in [0, 0.1) is 5.92 Å². The van der Waals surface area contributed by atoms with Crippen LogP contribution in [-0.2, 0) is 0 Å². The van der Waals surface area contributed by atoms with Crippen molar-refractivity contribution in [2.75, 3.05) is 7.05 Å². The first-order chi connectivity index (χ1) is 4.09. The van der Waals surface area contributed by atoms with Crippen LogP contribution < -0.4 is 5.32 Å². The Morgan fingerprint density at radius 1 is 1.33 bits per heavy atom. The van der Waals surface area contributed by atoms with E-state index in [2.05, 4.69) is 32.7 Å². The number of likely N-dealkylation sites (N-methyl/N-ethyl adjacent to an activating group) is 1. The molecule has 0 heterocycles. The van der Waals surface area contributed by atoms with Crippen molar-refractivity contribution in [2.24, 2.45) is 5.92 Å². The van der Waals surface area contributed by atoms with E-state index in [0.717, 1.165) is 0 Å². The summed E-state index contributed by atoms with van der Waals surface area (Å²) in [6.07, 6.45) is 0. The molecule has 0 aliphatic rings. The fourth-order valence-corrected chi connectivity index (χ4v) is 0.685. The second-order valence-electron chi connectivity index (χ2n) is 2.74. The zero-order valence-corrected chi connectivity index (χ0v) is 6.86. The molecule has 0 spiro atoms. The zero-order chi connectivity index (χ0) is 7.44. The predicted molar refractivity (Wildman–Crippen MR) is 42.5 cm³/mol. The van der Waals surface area contributed by atoms with E-state index < -0.39 is 0 Å². The van der Waals surface area contributed by atoms with E-state index in [1.165, 1.54) is 5.57 Å². The Bertz CT molecular complexity index is 94.7. The number of nitrogens with one attached hydrogen (secondary N) is 1. The minimum Gasteiger partial charge on any atom is -0.314 e. The first kappa shape index (κ1) is 8.70. The summed E-state index contributed by atoms with van der Waals surface area (Å²) in [5.41, 5.74) is 1.28. The number of rotatable bonds is 3. The first-order valence-electron chi connectivity index (χ1n) is 3.45. The van der Waals surface area contributed by atoms with E-state index in [0.29, 0.717) is 12.0 Å². The maximum atomic E-state index is 3.96. The summed E-state index contributed by atoms with van der Waals surface area (Å²) in [5, 5.41) is 3.15. The van der Waals surface area contributed by atoms with Crippen molar-refractivity contribution in [3.63, 3.8) is 0 Å². The Balaban J connectivity index is 3.73. The molecular formula is C8H17N. The first-order valence-corrected chi connectivity index (χ1v) is 3.45. The molecule has 0 amide bonds. The lowest BCUT2D eigenvalue weighted by atomic mass is 9.99. The summed E-state index contributed by atoms with van der Waals surface area (Å²) < 4.78 is 0. The van der Waals surface area contributed by atoms with Crippen LogP contribution in [0.1, 0.15) is 20.8 Å². The third-order valence-corrected chi connectivity index (χ3v) is 1.73. The van der Waals surface area contributed by atoms with Crippen LogP contribution in [0.15, 0.2) is 12.2 Å². The predicted octanol–water partition coefficient (Wildman–Crippen LogP) is 1.81. The Hall–Kier alpha value is -0.300. The van der Waals surface area contributed by atoms with Crippen LogP contribution in [0.4, 0.5) is 0 Å². The van der Waals surface area contributed by atoms with E-state index in [1.807, 2.05) is 7.05 Å². The molecule has 0 saturated carbocycles. The minimum atomic E-state index is 0.449. The molecule has 0 bridgehead atoms. The van der Waals surface area contributed by atoms with Gasteiger partial charge in [-0.05, 0) is 19.9 Å². The monoisotopic (exact) mass is 127 g/mol. The average molecular weight is 127 g/mol. The van der Waals surface area contributed by atoms with Crippen molar-refractivity contribution in [1.29, 1.82) is 0 Å². The third-order valence-electron chi connectivity index (χ3n) is 1.73. The van der Waals surface area contributed by atoms with Crippen LogP contribution in [-0.4, -0.2) is 13.1 Å². The Labute approximate surface area is 58.2 Å². The van der Waals surface area contributed by atoms with Crippen LogP contribution in [0.25, 0.3) is 0 Å². The Kier molecular flexibility index (Phi) is 3.55. The molecule has 0 aliphatic carbocycles. The molecular weight excluding hydrogens is 110 g/mol. The maximum Gasteiger partial charge on any atom is 0.0247 e. The molecule has 0 aromatic heterocycles. The fourth-order valence-electron chi connectivity index (χ4n) is 0.685. The van der Waals surface area contributed by atoms with Crippen LogP contribution >= 0.6 is 0 Å². The van der Waals surface area contributed by atoms with Crippen molar-refractivity contribution < 1.29 is 0 Å². The highest BCUT2D eigenvalue weighted by Crippen LogP contribution is 2.09. The van der Waals surface area contributed by atoms with Crippen LogP contribution in [0.2, 0.25) is 0 Å². The largest absolute Gasteiger partial charge is 0.314 e. The molecule has 0 fully saturated rings. The molecule has 0 rings (SSSR count). The van der Waals surface area contributed by atoms with Gasteiger partial charge in [0, 0.05) is 6.04 Å². The molecule has 0 saturated heterocycles. The molecule has 0 aliphatic heterocycles. The zero-order valence-electron chi connectivity index (χ0n) is 6.86. The van der Waals surface area contributed by atoms with Gasteiger partial charge < -0.3 is 5.32 Å². The van der Waals surface area contributed by atoms with Gasteiger partial charge in [-0.15, -0.1) is 0 Å². The minimum absolute atomic E-state index is 0.449. The Morgan fingerprint density at radius 2 is 1.78 bits per heavy atom. The fraction of sp³-hybridized carbons (Fsp3) is 0.750. The summed E-state index contributed by atoms with van der Waals surface area (Å²) in [6.45, 7) is 10.4. The van der Waals surface area contributed by atoms with Gasteiger partial charge in [-0.25, -0.2) is 0 Å². The molecule has 54 valence electrons. The van der Waals surface area contributed by atoms with Crippen molar-refractivity contribution in [3.05, 3.63) is 12.2 Å². The standard InChI is InChI=1S/C8H17N/c1-6(2)7(3)8(4)9-5/h6,8-9H,3H2,1-2,4-5H3. The molecule has 1 nitrogen and oxygen atoms in total. The topological polar surface area (TPSA) is 12.0 Å². The van der Waals surface area contributed by atoms with Gasteiger partial charge in [-0.1, -0.05) is 26.0 Å². The SMILES string of the molecule is C=C(C(C)C)C(C)NC. The maximum absolute atomic E-state index is 3.96. The van der Waals surface area contributed by atoms with Gasteiger partial charge in [0.1, 0.15) is 0 Å². The Morgan fingerprint density at radius 3 is 1.89 bits per heavy atom. The molecule has 1 N–H and O–H groups in total. The summed E-state index contributed by atoms with van der Waals surface area (Å²) in [6, 6.07) is 0.449. The van der Waals surface area contributed by atoms with Crippen molar-refractivity contribution in [2.45, 2.75) is 26.8 Å². The van der Waals surface area contributed by atoms with E-state index in [4.69, 9.17) is 0 Å². The van der Waals surface area contributed by atoms with Gasteiger partial charge in [-0.3, -0.25) is 0 Å². The highest BCUT2D eigenvalue weighted by atomic mass is 14.9. The van der Waals surface area contributed by atoms with E-state index in [9.17, 15) is 0 Å². The molecule has 0 aromatic rings. The van der Waals surface area contributed by atoms with Crippen LogP contribution in [0.5, 0.6) is 0 Å². The number of hydrogen-bond donors (Lipinski definition) is 1. The second-order valence-corrected chi connectivity index (χ2v) is 2.74. The van der Waals surface area contributed by atoms with E-state index >= 15 is 0 Å². The van der Waals surface area contributed by atoms with Gasteiger partial charge in [0.05, 0.1) is 0 Å². The van der Waals surface area contributed by atoms with Gasteiger partial charge in [-0.2, -0.15) is 0 Å². The lowest BCUT2D eigenvalue weighted by Gasteiger charge is -2.16. The second kappa shape index (κ2) is 3.67.